The van der Waals surface area contributed by atoms with Crippen molar-refractivity contribution in [3.05, 3.63) is 64.8 Å². The Balaban J connectivity index is 2.77. The lowest BCUT2D eigenvalue weighted by atomic mass is 10.2. The molecule has 1 heterocycles. The normalized spacial score (nSPS) is 12.2. The quantitative estimate of drug-likeness (QED) is 0.804. The molecule has 0 spiro atoms. The van der Waals surface area contributed by atoms with Crippen LogP contribution in [0.2, 0.25) is 0 Å². The van der Waals surface area contributed by atoms with E-state index in [1.807, 2.05) is 42.0 Å². The summed E-state index contributed by atoms with van der Waals surface area (Å²) < 4.78 is 1.94. The van der Waals surface area contributed by atoms with Crippen molar-refractivity contribution < 1.29 is 4.79 Å². The molecule has 0 N–H and O–H groups in total. The third-order valence-corrected chi connectivity index (χ3v) is 3.20. The van der Waals surface area contributed by atoms with Gasteiger partial charge in [-0.2, -0.15) is 5.26 Å². The van der Waals surface area contributed by atoms with Crippen LogP contribution in [-0.2, 0) is 0 Å². The zero-order valence-electron chi connectivity index (χ0n) is 11.9. The number of hydrogen-bond acceptors (Lipinski definition) is 2. The Morgan fingerprint density at radius 3 is 2.57 bits per heavy atom. The number of nitrogens with zero attached hydrogens (tertiary/aromatic N) is 2. The smallest absolute Gasteiger partial charge is 0.150 e. The third-order valence-electron chi connectivity index (χ3n) is 3.20. The molecule has 2 aromatic rings. The van der Waals surface area contributed by atoms with E-state index < -0.39 is 0 Å². The molecule has 0 fully saturated rings. The van der Waals surface area contributed by atoms with Crippen molar-refractivity contribution in [2.75, 3.05) is 0 Å². The number of carbonyl (C=O) groups excluding carboxylic acids is 1. The highest BCUT2D eigenvalue weighted by Crippen LogP contribution is 2.07. The summed E-state index contributed by atoms with van der Waals surface area (Å²) in [7, 11) is 0. The van der Waals surface area contributed by atoms with Gasteiger partial charge in [0.05, 0.1) is 10.9 Å². The van der Waals surface area contributed by atoms with E-state index in [0.717, 1.165) is 29.0 Å². The van der Waals surface area contributed by atoms with E-state index in [1.165, 1.54) is 0 Å². The third kappa shape index (κ3) is 2.85. The maximum absolute atomic E-state index is 10.7. The molecule has 0 radical (unpaired) electrons. The second-order valence-electron chi connectivity index (χ2n) is 4.55. The number of carbonyl (C=O) groups is 1. The minimum atomic E-state index is 0.626. The molecule has 3 heteroatoms. The molecule has 0 atom stereocenters. The van der Waals surface area contributed by atoms with Gasteiger partial charge in [-0.05, 0) is 36.8 Å². The molecule has 1 aromatic heterocycles. The number of rotatable bonds is 4. The van der Waals surface area contributed by atoms with Gasteiger partial charge in [0.2, 0.25) is 0 Å². The summed E-state index contributed by atoms with van der Waals surface area (Å²) in [6.07, 6.45) is 9.10. The first-order valence-electron chi connectivity index (χ1n) is 6.75. The van der Waals surface area contributed by atoms with Crippen LogP contribution in [0.4, 0.5) is 0 Å². The maximum Gasteiger partial charge on any atom is 0.150 e. The van der Waals surface area contributed by atoms with Gasteiger partial charge in [0.1, 0.15) is 12.4 Å². The highest BCUT2D eigenvalue weighted by molar-refractivity contribution is 5.75. The van der Waals surface area contributed by atoms with E-state index in [9.17, 15) is 10.1 Å². The van der Waals surface area contributed by atoms with E-state index >= 15 is 0 Å². The average Bonchev–Trinajstić information content (AvgIpc) is 2.86. The first kappa shape index (κ1) is 14.5. The van der Waals surface area contributed by atoms with Crippen molar-refractivity contribution in [2.45, 2.75) is 13.3 Å². The van der Waals surface area contributed by atoms with E-state index in [1.54, 1.807) is 18.2 Å². The van der Waals surface area contributed by atoms with Gasteiger partial charge in [0, 0.05) is 22.7 Å². The van der Waals surface area contributed by atoms with Gasteiger partial charge >= 0.3 is 0 Å². The van der Waals surface area contributed by atoms with Crippen LogP contribution >= 0.6 is 0 Å². The van der Waals surface area contributed by atoms with Gasteiger partial charge in [-0.3, -0.25) is 4.79 Å². The largest absolute Gasteiger partial charge is 0.315 e. The molecule has 0 aliphatic heterocycles. The van der Waals surface area contributed by atoms with Gasteiger partial charge in [-0.15, -0.1) is 0 Å². The zero-order chi connectivity index (χ0) is 15.2. The molecule has 2 rings (SSSR count). The summed E-state index contributed by atoms with van der Waals surface area (Å²) in [5.41, 5.74) is 2.16. The van der Waals surface area contributed by atoms with Gasteiger partial charge in [-0.1, -0.05) is 25.7 Å². The summed E-state index contributed by atoms with van der Waals surface area (Å²) >= 11 is 0. The Kier molecular flexibility index (Phi) is 4.53. The fourth-order valence-electron chi connectivity index (χ4n) is 2.25. The van der Waals surface area contributed by atoms with Crippen LogP contribution in [0, 0.1) is 11.3 Å². The minimum absolute atomic E-state index is 0.626. The zero-order valence-corrected chi connectivity index (χ0v) is 11.9. The first-order chi connectivity index (χ1) is 10.2. The minimum Gasteiger partial charge on any atom is -0.315 e. The van der Waals surface area contributed by atoms with Gasteiger partial charge < -0.3 is 4.57 Å². The molecule has 0 unspecified atom stereocenters. The van der Waals surface area contributed by atoms with Gasteiger partial charge in [-0.25, -0.2) is 0 Å². The highest BCUT2D eigenvalue weighted by atomic mass is 16.1. The fraction of sp³-hybridized carbons (Fsp3) is 0.111. The summed E-state index contributed by atoms with van der Waals surface area (Å²) in [5.74, 6) is 0. The molecule has 3 nitrogen and oxygen atoms in total. The Hall–Kier alpha value is -2.86. The van der Waals surface area contributed by atoms with Crippen LogP contribution in [-0.4, -0.2) is 10.9 Å². The Morgan fingerprint density at radius 1 is 1.33 bits per heavy atom. The van der Waals surface area contributed by atoms with Crippen molar-refractivity contribution in [1.29, 1.82) is 5.26 Å². The molecule has 21 heavy (non-hydrogen) atoms. The lowest BCUT2D eigenvalue weighted by Crippen LogP contribution is -2.29. The lowest BCUT2D eigenvalue weighted by molar-refractivity contribution is 0.112. The molecule has 0 saturated carbocycles. The monoisotopic (exact) mass is 276 g/mol. The predicted octanol–water partition coefficient (Wildman–Crippen LogP) is 2.32. The number of allylic oxidation sites excluding steroid dienone is 1. The summed E-state index contributed by atoms with van der Waals surface area (Å²) in [6.45, 7) is 5.78. The molecule has 1 aromatic carbocycles. The molecular weight excluding hydrogens is 260 g/mol. The van der Waals surface area contributed by atoms with Crippen LogP contribution in [0.1, 0.15) is 29.3 Å². The number of hydrogen-bond donors (Lipinski definition) is 0. The van der Waals surface area contributed by atoms with E-state index in [4.69, 9.17) is 0 Å². The van der Waals surface area contributed by atoms with Crippen molar-refractivity contribution in [2.24, 2.45) is 0 Å². The van der Waals surface area contributed by atoms with E-state index in [0.29, 0.717) is 11.1 Å². The van der Waals surface area contributed by atoms with Crippen LogP contribution in [0.25, 0.3) is 17.8 Å². The molecule has 0 aliphatic rings. The maximum atomic E-state index is 10.7. The molecule has 0 bridgehead atoms. The van der Waals surface area contributed by atoms with Gasteiger partial charge in [0.25, 0.3) is 0 Å². The molecule has 0 amide bonds. The highest BCUT2D eigenvalue weighted by Gasteiger charge is 2.05. The molecule has 104 valence electrons. The van der Waals surface area contributed by atoms with Crippen molar-refractivity contribution in [3.8, 4) is 11.8 Å². The summed E-state index contributed by atoms with van der Waals surface area (Å²) in [6, 6.07) is 9.47. The summed E-state index contributed by atoms with van der Waals surface area (Å²) in [5, 5.41) is 11.1. The Bertz CT molecular complexity index is 818. The fourth-order valence-corrected chi connectivity index (χ4v) is 2.25. The molecule has 0 saturated heterocycles. The predicted molar refractivity (Wildman–Crippen MR) is 84.5 cm³/mol. The Labute approximate surface area is 123 Å². The topological polar surface area (TPSA) is 45.8 Å². The molecule has 0 aliphatic carbocycles. The number of aromatic nitrogens is 1. The second kappa shape index (κ2) is 6.53. The van der Waals surface area contributed by atoms with Gasteiger partial charge in [0.15, 0.2) is 0 Å². The number of aldehydes is 1. The SMILES string of the molecule is C=C/C=c1\c(=C/CC)c(C#N)cn1-c1ccc(C=O)cc1. The lowest BCUT2D eigenvalue weighted by Gasteiger charge is -2.03. The number of nitriles is 1. The standard InChI is InChI=1S/C18H16N2O/c1-3-5-17-15(11-19)12-20(18(17)6-4-2)16-9-7-14(13-21)8-10-16/h4-10,12-13H,2-3H2,1H3/b17-5-,18-6+. The van der Waals surface area contributed by atoms with Crippen LogP contribution < -0.4 is 10.6 Å². The van der Waals surface area contributed by atoms with Crippen molar-refractivity contribution >= 4 is 18.4 Å². The molecular formula is C18H16N2O. The van der Waals surface area contributed by atoms with Crippen molar-refractivity contribution in [3.63, 3.8) is 0 Å². The number of benzene rings is 1. The first-order valence-corrected chi connectivity index (χ1v) is 6.75. The summed E-state index contributed by atoms with van der Waals surface area (Å²) in [4.78, 5) is 10.7. The van der Waals surface area contributed by atoms with Crippen molar-refractivity contribution in [1.82, 2.24) is 4.57 Å². The van der Waals surface area contributed by atoms with E-state index in [-0.39, 0.29) is 0 Å². The second-order valence-corrected chi connectivity index (χ2v) is 4.55. The van der Waals surface area contributed by atoms with E-state index in [2.05, 4.69) is 12.6 Å². The average molecular weight is 276 g/mol. The van der Waals surface area contributed by atoms with Crippen LogP contribution in [0.3, 0.4) is 0 Å². The van der Waals surface area contributed by atoms with Crippen LogP contribution in [0.5, 0.6) is 0 Å². The Morgan fingerprint density at radius 2 is 2.05 bits per heavy atom. The van der Waals surface area contributed by atoms with Crippen LogP contribution in [0.15, 0.2) is 43.1 Å².